The van der Waals surface area contributed by atoms with Crippen molar-refractivity contribution < 1.29 is 4.79 Å². The van der Waals surface area contributed by atoms with E-state index < -0.39 is 5.91 Å². The van der Waals surface area contributed by atoms with Crippen molar-refractivity contribution in [1.29, 1.82) is 0 Å². The maximum atomic E-state index is 12.9. The highest BCUT2D eigenvalue weighted by molar-refractivity contribution is 6.30. The van der Waals surface area contributed by atoms with E-state index in [0.29, 0.717) is 28.2 Å². The molecule has 140 valence electrons. The van der Waals surface area contributed by atoms with Crippen LogP contribution in [0.2, 0.25) is 5.02 Å². The van der Waals surface area contributed by atoms with E-state index in [1.165, 1.54) is 11.7 Å². The van der Waals surface area contributed by atoms with Gasteiger partial charge in [-0.3, -0.25) is 9.59 Å². The minimum Gasteiger partial charge on any atom is -0.305 e. The molecule has 0 aliphatic carbocycles. The summed E-state index contributed by atoms with van der Waals surface area (Å²) in [6, 6.07) is 16.0. The number of rotatable bonds is 4. The fourth-order valence-electron chi connectivity index (χ4n) is 2.97. The van der Waals surface area contributed by atoms with E-state index in [2.05, 4.69) is 15.5 Å². The van der Waals surface area contributed by atoms with Crippen LogP contribution in [-0.4, -0.2) is 25.5 Å². The van der Waals surface area contributed by atoms with Crippen LogP contribution in [0.4, 0.5) is 5.82 Å². The van der Waals surface area contributed by atoms with Gasteiger partial charge in [0.2, 0.25) is 0 Å². The predicted molar refractivity (Wildman–Crippen MR) is 108 cm³/mol. The van der Waals surface area contributed by atoms with Crippen LogP contribution >= 0.6 is 11.6 Å². The van der Waals surface area contributed by atoms with Crippen LogP contribution in [-0.2, 0) is 13.6 Å². The number of aromatic nitrogens is 4. The summed E-state index contributed by atoms with van der Waals surface area (Å²) in [6.07, 6.45) is 1.61. The summed E-state index contributed by atoms with van der Waals surface area (Å²) >= 11 is 5.92. The van der Waals surface area contributed by atoms with Crippen LogP contribution < -0.4 is 10.9 Å². The molecule has 4 rings (SSSR count). The van der Waals surface area contributed by atoms with E-state index >= 15 is 0 Å². The number of benzene rings is 2. The molecule has 2 heterocycles. The molecular weight excluding hydrogens is 378 g/mol. The largest absolute Gasteiger partial charge is 0.305 e. The van der Waals surface area contributed by atoms with Gasteiger partial charge in [-0.15, -0.1) is 0 Å². The first-order valence-corrected chi connectivity index (χ1v) is 8.94. The van der Waals surface area contributed by atoms with Gasteiger partial charge in [0, 0.05) is 23.5 Å². The molecule has 0 fully saturated rings. The normalized spacial score (nSPS) is 10.9. The maximum absolute atomic E-state index is 12.9. The number of amides is 1. The topological polar surface area (TPSA) is 81.8 Å². The van der Waals surface area contributed by atoms with E-state index in [4.69, 9.17) is 11.6 Å². The molecule has 1 amide bonds. The minimum atomic E-state index is -0.412. The Labute approximate surface area is 165 Å². The number of nitrogens with zero attached hydrogens (tertiary/aromatic N) is 4. The highest BCUT2D eigenvalue weighted by atomic mass is 35.5. The van der Waals surface area contributed by atoms with Gasteiger partial charge in [-0.05, 0) is 23.8 Å². The first-order chi connectivity index (χ1) is 13.5. The standard InChI is InChI=1S/C20H16ClN5O2/c1-25-20(28)16-5-3-2-4-15(16)18(24-25)19(27)23-17-10-11-22-26(17)12-13-6-8-14(21)9-7-13/h2-11H,12H2,1H3,(H,23,27). The number of carbonyl (C=O) groups excluding carboxylic acids is 1. The van der Waals surface area contributed by atoms with Crippen molar-refractivity contribution >= 4 is 34.1 Å². The number of carbonyl (C=O) groups is 1. The third-order valence-corrected chi connectivity index (χ3v) is 4.63. The summed E-state index contributed by atoms with van der Waals surface area (Å²) in [7, 11) is 1.52. The van der Waals surface area contributed by atoms with Crippen molar-refractivity contribution in [3.8, 4) is 0 Å². The van der Waals surface area contributed by atoms with Gasteiger partial charge in [-0.2, -0.15) is 10.2 Å². The van der Waals surface area contributed by atoms with Gasteiger partial charge in [0.05, 0.1) is 18.1 Å². The zero-order valence-corrected chi connectivity index (χ0v) is 15.7. The SMILES string of the molecule is Cn1nc(C(=O)Nc2ccnn2Cc2ccc(Cl)cc2)c2ccccc2c1=O. The van der Waals surface area contributed by atoms with Gasteiger partial charge in [-0.1, -0.05) is 41.9 Å². The summed E-state index contributed by atoms with van der Waals surface area (Å²) in [5, 5.41) is 12.9. The number of hydrogen-bond acceptors (Lipinski definition) is 4. The predicted octanol–water partition coefficient (Wildman–Crippen LogP) is 3.08. The zero-order chi connectivity index (χ0) is 19.7. The van der Waals surface area contributed by atoms with Gasteiger partial charge < -0.3 is 5.32 Å². The summed E-state index contributed by atoms with van der Waals surface area (Å²) in [6.45, 7) is 0.473. The number of nitrogens with one attached hydrogen (secondary N) is 1. The lowest BCUT2D eigenvalue weighted by Gasteiger charge is -2.11. The Kier molecular flexibility index (Phi) is 4.67. The Bertz CT molecular complexity index is 1230. The van der Waals surface area contributed by atoms with E-state index in [9.17, 15) is 9.59 Å². The third kappa shape index (κ3) is 3.39. The summed E-state index contributed by atoms with van der Waals surface area (Å²) < 4.78 is 2.84. The lowest BCUT2D eigenvalue weighted by molar-refractivity contribution is 0.102. The lowest BCUT2D eigenvalue weighted by atomic mass is 10.1. The van der Waals surface area contributed by atoms with Gasteiger partial charge in [-0.25, -0.2) is 9.36 Å². The van der Waals surface area contributed by atoms with Gasteiger partial charge in [0.15, 0.2) is 5.69 Å². The Morgan fingerprint density at radius 2 is 1.79 bits per heavy atom. The average Bonchev–Trinajstić information content (AvgIpc) is 3.13. The first-order valence-electron chi connectivity index (χ1n) is 8.56. The fraction of sp³-hybridized carbons (Fsp3) is 0.100. The molecule has 0 aliphatic rings. The lowest BCUT2D eigenvalue weighted by Crippen LogP contribution is -2.26. The van der Waals surface area contributed by atoms with Crippen LogP contribution in [0.25, 0.3) is 10.8 Å². The highest BCUT2D eigenvalue weighted by Crippen LogP contribution is 2.17. The molecule has 4 aromatic rings. The van der Waals surface area contributed by atoms with Crippen LogP contribution in [0.5, 0.6) is 0 Å². The van der Waals surface area contributed by atoms with Crippen molar-refractivity contribution in [3.05, 3.63) is 87.4 Å². The van der Waals surface area contributed by atoms with E-state index in [0.717, 1.165) is 5.56 Å². The number of fused-ring (bicyclic) bond motifs is 1. The van der Waals surface area contributed by atoms with E-state index in [1.807, 2.05) is 12.1 Å². The molecule has 0 aliphatic heterocycles. The Balaban J connectivity index is 1.65. The molecule has 0 atom stereocenters. The number of aryl methyl sites for hydroxylation is 1. The van der Waals surface area contributed by atoms with Crippen LogP contribution in [0.1, 0.15) is 16.1 Å². The second kappa shape index (κ2) is 7.28. The molecular formula is C20H16ClN5O2. The molecule has 7 nitrogen and oxygen atoms in total. The summed E-state index contributed by atoms with van der Waals surface area (Å²) in [4.78, 5) is 25.1. The molecule has 1 N–H and O–H groups in total. The van der Waals surface area contributed by atoms with Crippen molar-refractivity contribution in [2.75, 3.05) is 5.32 Å². The minimum absolute atomic E-state index is 0.178. The third-order valence-electron chi connectivity index (χ3n) is 4.38. The van der Waals surface area contributed by atoms with Crippen molar-refractivity contribution in [3.63, 3.8) is 0 Å². The average molecular weight is 394 g/mol. The molecule has 0 unspecified atom stereocenters. The molecule has 0 saturated heterocycles. The Morgan fingerprint density at radius 1 is 1.07 bits per heavy atom. The first kappa shape index (κ1) is 17.9. The quantitative estimate of drug-likeness (QED) is 0.577. The van der Waals surface area contributed by atoms with Crippen molar-refractivity contribution in [2.45, 2.75) is 6.54 Å². The van der Waals surface area contributed by atoms with Crippen LogP contribution in [0.15, 0.2) is 65.6 Å². The van der Waals surface area contributed by atoms with E-state index in [-0.39, 0.29) is 11.3 Å². The second-order valence-corrected chi connectivity index (χ2v) is 6.71. The van der Waals surface area contributed by atoms with Crippen molar-refractivity contribution in [1.82, 2.24) is 19.6 Å². The molecule has 0 bridgehead atoms. The number of anilines is 1. The van der Waals surface area contributed by atoms with E-state index in [1.54, 1.807) is 53.3 Å². The Morgan fingerprint density at radius 3 is 2.54 bits per heavy atom. The molecule has 28 heavy (non-hydrogen) atoms. The number of hydrogen-bond donors (Lipinski definition) is 1. The van der Waals surface area contributed by atoms with Crippen LogP contribution in [0.3, 0.4) is 0 Å². The summed E-state index contributed by atoms with van der Waals surface area (Å²) in [5.41, 5.74) is 0.922. The van der Waals surface area contributed by atoms with Gasteiger partial charge in [0.25, 0.3) is 11.5 Å². The smallest absolute Gasteiger partial charge is 0.277 e. The zero-order valence-electron chi connectivity index (χ0n) is 15.0. The molecule has 2 aromatic heterocycles. The monoisotopic (exact) mass is 393 g/mol. The summed E-state index contributed by atoms with van der Waals surface area (Å²) in [5.74, 6) is 0.115. The molecule has 0 saturated carbocycles. The van der Waals surface area contributed by atoms with Gasteiger partial charge >= 0.3 is 0 Å². The molecule has 0 radical (unpaired) electrons. The second-order valence-electron chi connectivity index (χ2n) is 6.28. The maximum Gasteiger partial charge on any atom is 0.277 e. The van der Waals surface area contributed by atoms with Crippen molar-refractivity contribution in [2.24, 2.45) is 7.05 Å². The number of halogens is 1. The molecule has 0 spiro atoms. The highest BCUT2D eigenvalue weighted by Gasteiger charge is 2.17. The van der Waals surface area contributed by atoms with Gasteiger partial charge in [0.1, 0.15) is 5.82 Å². The molecule has 2 aromatic carbocycles. The Hall–Kier alpha value is -3.45. The van der Waals surface area contributed by atoms with Crippen LogP contribution in [0, 0.1) is 0 Å². The fourth-order valence-corrected chi connectivity index (χ4v) is 3.10. The molecule has 8 heteroatoms.